The van der Waals surface area contributed by atoms with E-state index in [1.807, 2.05) is 83.5 Å². The van der Waals surface area contributed by atoms with Gasteiger partial charge in [0.2, 0.25) is 11.8 Å². The van der Waals surface area contributed by atoms with Crippen LogP contribution in [0.1, 0.15) is 71.3 Å². The van der Waals surface area contributed by atoms with Crippen LogP contribution in [0.25, 0.3) is 0 Å². The average molecular weight is 657 g/mol. The summed E-state index contributed by atoms with van der Waals surface area (Å²) in [6.45, 7) is 14.7. The molecule has 0 aromatic heterocycles. The standard InChI is InChI=1S/C34H48N4O7S/c1-21(2)26(20-22(3)29(39)37-46(44,45)25-18-16-23(17-19-25)32(42)43)38(10)31(41)28(33(4,5)6)36-30(40)27(35-9)34(7,8)24-14-12-11-13-15-24/h11-21,26-28,35H,1-10H3,(H,36,40)(H,37,39)(H,42,43)/t26-,27-,28-/m1/s1. The molecule has 0 aliphatic rings. The van der Waals surface area contributed by atoms with Crippen LogP contribution in [0.2, 0.25) is 0 Å². The number of hydrogen-bond donors (Lipinski definition) is 4. The first-order chi connectivity index (χ1) is 21.1. The molecule has 0 saturated heterocycles. The molecule has 11 nitrogen and oxygen atoms in total. The summed E-state index contributed by atoms with van der Waals surface area (Å²) in [6, 6.07) is 11.9. The predicted octanol–water partition coefficient (Wildman–Crippen LogP) is 3.72. The van der Waals surface area contributed by atoms with Crippen molar-refractivity contribution in [2.24, 2.45) is 11.3 Å². The summed E-state index contributed by atoms with van der Waals surface area (Å²) < 4.78 is 27.6. The highest BCUT2D eigenvalue weighted by atomic mass is 32.2. The summed E-state index contributed by atoms with van der Waals surface area (Å²) in [5, 5.41) is 15.2. The molecule has 2 aromatic rings. The SMILES string of the molecule is CN[C@H](C(=O)N[C@H](C(=O)N(C)[C@H](C=C(C)C(=O)NS(=O)(=O)c1ccc(C(=O)O)cc1)C(C)C)C(C)(C)C)C(C)(C)c1ccccc1. The molecule has 0 radical (unpaired) electrons. The van der Waals surface area contributed by atoms with E-state index in [1.54, 1.807) is 14.1 Å². The second kappa shape index (κ2) is 15.0. The van der Waals surface area contributed by atoms with Crippen LogP contribution in [0.3, 0.4) is 0 Å². The van der Waals surface area contributed by atoms with Gasteiger partial charge in [0, 0.05) is 18.0 Å². The highest BCUT2D eigenvalue weighted by molar-refractivity contribution is 7.90. The monoisotopic (exact) mass is 656 g/mol. The molecule has 46 heavy (non-hydrogen) atoms. The van der Waals surface area contributed by atoms with Gasteiger partial charge in [-0.2, -0.15) is 0 Å². The third kappa shape index (κ3) is 9.26. The first kappa shape index (κ1) is 38.2. The van der Waals surface area contributed by atoms with Gasteiger partial charge in [0.05, 0.1) is 22.5 Å². The Labute approximate surface area is 272 Å². The smallest absolute Gasteiger partial charge is 0.335 e. The summed E-state index contributed by atoms with van der Waals surface area (Å²) in [4.78, 5) is 53.1. The fourth-order valence-electron chi connectivity index (χ4n) is 5.20. The highest BCUT2D eigenvalue weighted by Crippen LogP contribution is 2.29. The topological polar surface area (TPSA) is 162 Å². The van der Waals surface area contributed by atoms with Crippen molar-refractivity contribution >= 4 is 33.7 Å². The van der Waals surface area contributed by atoms with Gasteiger partial charge < -0.3 is 20.6 Å². The average Bonchev–Trinajstić information content (AvgIpc) is 2.97. The minimum absolute atomic E-state index is 0.0558. The fourth-order valence-corrected chi connectivity index (χ4v) is 6.22. The van der Waals surface area contributed by atoms with Crippen LogP contribution < -0.4 is 15.4 Å². The van der Waals surface area contributed by atoms with E-state index in [0.717, 1.165) is 29.8 Å². The van der Waals surface area contributed by atoms with Gasteiger partial charge >= 0.3 is 5.97 Å². The molecule has 0 aliphatic heterocycles. The van der Waals surface area contributed by atoms with Crippen LogP contribution in [-0.4, -0.2) is 74.3 Å². The number of hydrogen-bond acceptors (Lipinski definition) is 7. The summed E-state index contributed by atoms with van der Waals surface area (Å²) in [7, 11) is -1.01. The molecule has 0 heterocycles. The third-order valence-electron chi connectivity index (χ3n) is 8.09. The molecule has 0 spiro atoms. The van der Waals surface area contributed by atoms with Crippen molar-refractivity contribution in [3.05, 3.63) is 77.4 Å². The molecular weight excluding hydrogens is 608 g/mol. The molecule has 252 valence electrons. The van der Waals surface area contributed by atoms with Gasteiger partial charge in [-0.3, -0.25) is 14.4 Å². The van der Waals surface area contributed by atoms with Crippen LogP contribution in [0.5, 0.6) is 0 Å². The van der Waals surface area contributed by atoms with Crippen LogP contribution in [0.15, 0.2) is 71.1 Å². The minimum atomic E-state index is -4.30. The van der Waals surface area contributed by atoms with E-state index in [2.05, 4.69) is 10.6 Å². The van der Waals surface area contributed by atoms with Gasteiger partial charge in [-0.15, -0.1) is 0 Å². The lowest BCUT2D eigenvalue weighted by atomic mass is 9.76. The van der Waals surface area contributed by atoms with Crippen molar-refractivity contribution in [1.29, 1.82) is 0 Å². The first-order valence-electron chi connectivity index (χ1n) is 15.0. The largest absolute Gasteiger partial charge is 0.478 e. The number of amides is 3. The van der Waals surface area contributed by atoms with Gasteiger partial charge in [-0.05, 0) is 55.1 Å². The van der Waals surface area contributed by atoms with Gasteiger partial charge in [0.1, 0.15) is 6.04 Å². The number of aromatic carboxylic acids is 1. The maximum absolute atomic E-state index is 14.1. The van der Waals surface area contributed by atoms with Gasteiger partial charge in [0.15, 0.2) is 0 Å². The lowest BCUT2D eigenvalue weighted by molar-refractivity contribution is -0.140. The van der Waals surface area contributed by atoms with Crippen molar-refractivity contribution in [3.8, 4) is 0 Å². The number of carbonyl (C=O) groups excluding carboxylic acids is 3. The molecule has 0 saturated carbocycles. The third-order valence-corrected chi connectivity index (χ3v) is 9.43. The summed E-state index contributed by atoms with van der Waals surface area (Å²) in [5.41, 5.74) is -0.374. The summed E-state index contributed by atoms with van der Waals surface area (Å²) in [5.74, 6) is -3.00. The Hall–Kier alpha value is -4.03. The first-order valence-corrected chi connectivity index (χ1v) is 16.5. The maximum Gasteiger partial charge on any atom is 0.335 e. The van der Waals surface area contributed by atoms with Gasteiger partial charge in [0.25, 0.3) is 15.9 Å². The molecule has 0 unspecified atom stereocenters. The maximum atomic E-state index is 14.1. The molecule has 0 fully saturated rings. The Balaban J connectivity index is 2.32. The molecular formula is C34H48N4O7S. The number of carboxylic acid groups (broad SMARTS) is 1. The Bertz CT molecular complexity index is 1540. The second-order valence-corrected chi connectivity index (χ2v) is 15.1. The highest BCUT2D eigenvalue weighted by Gasteiger charge is 2.41. The van der Waals surface area contributed by atoms with E-state index in [4.69, 9.17) is 5.11 Å². The van der Waals surface area contributed by atoms with E-state index in [9.17, 15) is 27.6 Å². The lowest BCUT2D eigenvalue weighted by Gasteiger charge is -2.40. The zero-order chi connectivity index (χ0) is 35.2. The number of nitrogens with one attached hydrogen (secondary N) is 3. The molecule has 3 amide bonds. The van der Waals surface area contributed by atoms with Crippen molar-refractivity contribution in [2.75, 3.05) is 14.1 Å². The van der Waals surface area contributed by atoms with E-state index in [0.29, 0.717) is 0 Å². The van der Waals surface area contributed by atoms with Crippen molar-refractivity contribution in [3.63, 3.8) is 0 Å². The molecule has 2 rings (SSSR count). The Morgan fingerprint density at radius 2 is 1.43 bits per heavy atom. The molecule has 0 bridgehead atoms. The Morgan fingerprint density at radius 3 is 1.89 bits per heavy atom. The van der Waals surface area contributed by atoms with Crippen molar-refractivity contribution in [1.82, 2.24) is 20.3 Å². The summed E-state index contributed by atoms with van der Waals surface area (Å²) >= 11 is 0. The quantitative estimate of drug-likeness (QED) is 0.237. The van der Waals surface area contributed by atoms with E-state index in [1.165, 1.54) is 17.9 Å². The molecule has 0 aliphatic carbocycles. The van der Waals surface area contributed by atoms with Crippen molar-refractivity contribution in [2.45, 2.75) is 83.8 Å². The minimum Gasteiger partial charge on any atom is -0.478 e. The Kier molecular flexibility index (Phi) is 12.5. The van der Waals surface area contributed by atoms with E-state index < -0.39 is 50.9 Å². The molecule has 2 aromatic carbocycles. The van der Waals surface area contributed by atoms with E-state index in [-0.39, 0.29) is 33.8 Å². The van der Waals surface area contributed by atoms with Crippen LogP contribution >= 0.6 is 0 Å². The van der Waals surface area contributed by atoms with Gasteiger partial charge in [-0.25, -0.2) is 17.9 Å². The zero-order valence-corrected chi connectivity index (χ0v) is 29.2. The molecule has 12 heteroatoms. The van der Waals surface area contributed by atoms with Crippen molar-refractivity contribution < 1.29 is 32.7 Å². The number of benzene rings is 2. The fraction of sp³-hybridized carbons (Fsp3) is 0.471. The number of carbonyl (C=O) groups is 4. The number of likely N-dealkylation sites (N-methyl/N-ethyl adjacent to an activating group) is 2. The van der Waals surface area contributed by atoms with Crippen LogP contribution in [-0.2, 0) is 29.8 Å². The number of rotatable bonds is 13. The number of carboxylic acids is 1. The number of sulfonamides is 1. The van der Waals surface area contributed by atoms with Gasteiger partial charge in [-0.1, -0.05) is 84.9 Å². The van der Waals surface area contributed by atoms with E-state index >= 15 is 0 Å². The second-order valence-electron chi connectivity index (χ2n) is 13.4. The van der Waals surface area contributed by atoms with Crippen LogP contribution in [0.4, 0.5) is 0 Å². The van der Waals surface area contributed by atoms with Crippen LogP contribution in [0, 0.1) is 11.3 Å². The lowest BCUT2D eigenvalue weighted by Crippen LogP contribution is -2.61. The zero-order valence-electron chi connectivity index (χ0n) is 28.3. The molecule has 4 N–H and O–H groups in total. The summed E-state index contributed by atoms with van der Waals surface area (Å²) in [6.07, 6.45) is 1.53. The Morgan fingerprint density at radius 1 is 0.891 bits per heavy atom. The normalized spacial score (nSPS) is 14.6. The predicted molar refractivity (Wildman–Crippen MR) is 178 cm³/mol. The number of nitrogens with zero attached hydrogens (tertiary/aromatic N) is 1. The molecule has 3 atom stereocenters.